The van der Waals surface area contributed by atoms with Crippen LogP contribution in [0.4, 0.5) is 17.1 Å². The maximum atomic E-state index is 6.98. The van der Waals surface area contributed by atoms with Crippen molar-refractivity contribution in [1.29, 1.82) is 0 Å². The first-order chi connectivity index (χ1) is 29.6. The third-order valence-corrected chi connectivity index (χ3v) is 12.5. The van der Waals surface area contributed by atoms with Crippen molar-refractivity contribution in [3.05, 3.63) is 222 Å². The molecule has 1 atom stereocenters. The minimum Gasteiger partial charge on any atom is -0.456 e. The first-order valence-electron chi connectivity index (χ1n) is 20.7. The van der Waals surface area contributed by atoms with Gasteiger partial charge < -0.3 is 18.8 Å². The average Bonchev–Trinajstić information content (AvgIpc) is 3.84. The lowest BCUT2D eigenvalue weighted by atomic mass is 9.66. The van der Waals surface area contributed by atoms with E-state index in [2.05, 4.69) is 182 Å². The molecular weight excluding hydrogens is 735 g/mol. The van der Waals surface area contributed by atoms with Gasteiger partial charge in [-0.3, -0.25) is 0 Å². The summed E-state index contributed by atoms with van der Waals surface area (Å²) in [5, 5.41) is 2.27. The summed E-state index contributed by atoms with van der Waals surface area (Å²) in [5.41, 5.74) is 15.1. The molecule has 2 aliphatic carbocycles. The topological polar surface area (TPSA) is 34.8 Å². The van der Waals surface area contributed by atoms with Gasteiger partial charge in [-0.15, -0.1) is 0 Å². The monoisotopic (exact) mass is 773 g/mol. The summed E-state index contributed by atoms with van der Waals surface area (Å²) in [7, 11) is 0. The van der Waals surface area contributed by atoms with E-state index >= 15 is 0 Å². The van der Waals surface area contributed by atoms with Gasteiger partial charge in [-0.25, -0.2) is 0 Å². The predicted molar refractivity (Wildman–Crippen MR) is 243 cm³/mol. The van der Waals surface area contributed by atoms with Crippen molar-refractivity contribution in [1.82, 2.24) is 0 Å². The molecule has 3 aliphatic rings. The van der Waals surface area contributed by atoms with E-state index in [1.54, 1.807) is 0 Å². The molecule has 0 saturated carbocycles. The number of hydrogen-bond acceptors (Lipinski definition) is 4. The zero-order valence-electron chi connectivity index (χ0n) is 33.1. The van der Waals surface area contributed by atoms with E-state index in [4.69, 9.17) is 13.9 Å². The van der Waals surface area contributed by atoms with Crippen LogP contribution in [0, 0.1) is 6.92 Å². The quantitative estimate of drug-likeness (QED) is 0.169. The molecule has 0 fully saturated rings. The molecule has 0 bridgehead atoms. The Labute approximate surface area is 348 Å². The summed E-state index contributed by atoms with van der Waals surface area (Å²) < 4.78 is 20.1. The number of hydrogen-bond donors (Lipinski definition) is 0. The largest absolute Gasteiger partial charge is 0.456 e. The molecule has 0 amide bonds. The molecule has 286 valence electrons. The second-order valence-corrected chi connectivity index (χ2v) is 15.9. The number of fused-ring (bicyclic) bond motifs is 9. The predicted octanol–water partition coefficient (Wildman–Crippen LogP) is 15.5. The Morgan fingerprint density at radius 2 is 1.27 bits per heavy atom. The van der Waals surface area contributed by atoms with Crippen LogP contribution in [0.25, 0.3) is 44.2 Å². The third kappa shape index (κ3) is 5.17. The van der Waals surface area contributed by atoms with E-state index < -0.39 is 5.41 Å². The lowest BCUT2D eigenvalue weighted by molar-refractivity contribution is 0.360. The highest BCUT2D eigenvalue weighted by Crippen LogP contribution is 2.63. The first-order valence-corrected chi connectivity index (χ1v) is 20.7. The smallest absolute Gasteiger partial charge is 0.178 e. The number of para-hydroxylation sites is 2. The van der Waals surface area contributed by atoms with Gasteiger partial charge in [-0.2, -0.15) is 0 Å². The number of benzene rings is 8. The number of nitrogens with zero attached hydrogens (tertiary/aromatic N) is 1. The molecule has 0 N–H and O–H groups in total. The van der Waals surface area contributed by atoms with Crippen LogP contribution in [0.2, 0.25) is 0 Å². The van der Waals surface area contributed by atoms with Gasteiger partial charge in [0.15, 0.2) is 23.0 Å². The van der Waals surface area contributed by atoms with Crippen LogP contribution in [-0.2, 0) is 5.41 Å². The molecule has 12 rings (SSSR count). The molecule has 0 spiro atoms. The zero-order valence-corrected chi connectivity index (χ0v) is 33.1. The molecule has 0 radical (unpaired) electrons. The van der Waals surface area contributed by atoms with Crippen molar-refractivity contribution in [2.24, 2.45) is 0 Å². The zero-order chi connectivity index (χ0) is 39.8. The Bertz CT molecular complexity index is 3210. The minimum atomic E-state index is -0.475. The number of aryl methyl sites for hydroxylation is 1. The number of ether oxygens (including phenoxy) is 2. The van der Waals surface area contributed by atoms with Gasteiger partial charge in [0.05, 0.1) is 11.1 Å². The highest BCUT2D eigenvalue weighted by molar-refractivity contribution is 6.07. The SMILES string of the molecule is Cc1cc(-c2ccc(N(c3ccccc3)c3ccc4c(c3)Oc3ccc5c(c3O4)-c3ccccc3C5(C3=CCCC=C3)c3ccccc3)cc2)cc2c1oc1ccccc12. The summed E-state index contributed by atoms with van der Waals surface area (Å²) in [6.45, 7) is 2.12. The van der Waals surface area contributed by atoms with Crippen molar-refractivity contribution < 1.29 is 13.9 Å². The van der Waals surface area contributed by atoms with E-state index in [0.29, 0.717) is 17.2 Å². The molecule has 1 aliphatic heterocycles. The average molecular weight is 774 g/mol. The molecule has 0 saturated heterocycles. The minimum absolute atomic E-state index is 0.475. The van der Waals surface area contributed by atoms with Crippen LogP contribution >= 0.6 is 0 Å². The van der Waals surface area contributed by atoms with Gasteiger partial charge in [0.2, 0.25) is 0 Å². The van der Waals surface area contributed by atoms with E-state index in [1.165, 1.54) is 27.8 Å². The van der Waals surface area contributed by atoms with Crippen LogP contribution < -0.4 is 14.4 Å². The van der Waals surface area contributed by atoms with Gasteiger partial charge in [-0.1, -0.05) is 127 Å². The highest BCUT2D eigenvalue weighted by atomic mass is 16.6. The van der Waals surface area contributed by atoms with Crippen molar-refractivity contribution in [3.63, 3.8) is 0 Å². The van der Waals surface area contributed by atoms with Crippen molar-refractivity contribution in [3.8, 4) is 45.3 Å². The van der Waals surface area contributed by atoms with Crippen LogP contribution in [-0.4, -0.2) is 0 Å². The molecule has 4 nitrogen and oxygen atoms in total. The van der Waals surface area contributed by atoms with E-state index in [-0.39, 0.29) is 0 Å². The summed E-state index contributed by atoms with van der Waals surface area (Å²) in [4.78, 5) is 2.26. The second-order valence-electron chi connectivity index (χ2n) is 15.9. The van der Waals surface area contributed by atoms with Crippen molar-refractivity contribution in [2.75, 3.05) is 4.90 Å². The molecular formula is C56H39NO3. The first kappa shape index (κ1) is 34.5. The molecule has 1 unspecified atom stereocenters. The number of rotatable bonds is 6. The molecule has 60 heavy (non-hydrogen) atoms. The fourth-order valence-corrected chi connectivity index (χ4v) is 9.89. The van der Waals surface area contributed by atoms with Gasteiger partial charge in [-0.05, 0) is 125 Å². The molecule has 8 aromatic carbocycles. The Morgan fingerprint density at radius 1 is 0.533 bits per heavy atom. The lowest BCUT2D eigenvalue weighted by Gasteiger charge is -2.36. The Kier molecular flexibility index (Phi) is 7.76. The Balaban J connectivity index is 0.933. The Hall–Kier alpha value is -7.56. The molecule has 2 heterocycles. The number of anilines is 3. The van der Waals surface area contributed by atoms with Gasteiger partial charge in [0, 0.05) is 33.8 Å². The van der Waals surface area contributed by atoms with E-state index in [1.807, 2.05) is 24.3 Å². The van der Waals surface area contributed by atoms with E-state index in [9.17, 15) is 0 Å². The summed E-state index contributed by atoms with van der Waals surface area (Å²) in [6.07, 6.45) is 9.12. The summed E-state index contributed by atoms with van der Waals surface area (Å²) in [6, 6.07) is 62.3. The fourth-order valence-electron chi connectivity index (χ4n) is 9.89. The number of allylic oxidation sites excluding steroid dienone is 4. The van der Waals surface area contributed by atoms with Crippen molar-refractivity contribution >= 4 is 39.0 Å². The van der Waals surface area contributed by atoms with Crippen LogP contribution in [0.15, 0.2) is 204 Å². The summed E-state index contributed by atoms with van der Waals surface area (Å²) >= 11 is 0. The standard InChI is InChI=1S/C56H39NO3/c1-36-33-38(34-46-44-21-12-14-24-49(44)59-54(36)46)37-25-27-42(28-26-37)57(41-19-9-4-10-20-41)43-29-31-50-52(35-43)58-51-32-30-48-53(55(51)60-50)45-22-11-13-23-47(45)56(48,39-15-5-2-6-16-39)40-17-7-3-8-18-40/h2,4-7,9-35H,3,8H2,1H3. The third-order valence-electron chi connectivity index (χ3n) is 12.5. The van der Waals surface area contributed by atoms with E-state index in [0.717, 1.165) is 79.8 Å². The second kappa shape index (κ2) is 13.5. The highest BCUT2D eigenvalue weighted by Gasteiger charge is 2.49. The summed E-state index contributed by atoms with van der Waals surface area (Å²) in [5.74, 6) is 2.82. The lowest BCUT2D eigenvalue weighted by Crippen LogP contribution is -2.29. The van der Waals surface area contributed by atoms with Gasteiger partial charge in [0.25, 0.3) is 0 Å². The van der Waals surface area contributed by atoms with Crippen LogP contribution in [0.3, 0.4) is 0 Å². The molecule has 9 aromatic rings. The molecule has 1 aromatic heterocycles. The normalized spacial score (nSPS) is 16.0. The Morgan fingerprint density at radius 3 is 2.10 bits per heavy atom. The maximum absolute atomic E-state index is 6.98. The van der Waals surface area contributed by atoms with Gasteiger partial charge >= 0.3 is 0 Å². The van der Waals surface area contributed by atoms with Gasteiger partial charge in [0.1, 0.15) is 11.2 Å². The van der Waals surface area contributed by atoms with Crippen molar-refractivity contribution in [2.45, 2.75) is 25.2 Å². The van der Waals surface area contributed by atoms with Crippen LogP contribution in [0.5, 0.6) is 23.0 Å². The fraction of sp³-hybridized carbons (Fsp3) is 0.0714. The molecule has 4 heteroatoms. The maximum Gasteiger partial charge on any atom is 0.178 e. The van der Waals surface area contributed by atoms with Crippen LogP contribution in [0.1, 0.15) is 35.1 Å². The number of furan rings is 1.